The van der Waals surface area contributed by atoms with Crippen molar-refractivity contribution >= 4 is 31.8 Å². The van der Waals surface area contributed by atoms with Crippen molar-refractivity contribution in [3.05, 3.63) is 37.2 Å². The number of fused-ring (bicyclic) bond motifs is 1. The average molecular weight is 509 g/mol. The van der Waals surface area contributed by atoms with Gasteiger partial charge in [-0.1, -0.05) is 19.6 Å². The maximum Gasteiger partial charge on any atom is 0.376 e. The van der Waals surface area contributed by atoms with E-state index in [0.717, 1.165) is 54.7 Å². The maximum absolute atomic E-state index is 10.3. The van der Waals surface area contributed by atoms with E-state index in [1.165, 1.54) is 24.6 Å². The molecule has 5 rings (SSSR count). The van der Waals surface area contributed by atoms with Crippen LogP contribution in [0.5, 0.6) is 0 Å². The van der Waals surface area contributed by atoms with Crippen molar-refractivity contribution in [1.29, 1.82) is 0 Å². The zero-order valence-corrected chi connectivity index (χ0v) is 23.4. The lowest BCUT2D eigenvalue weighted by atomic mass is 9.81. The lowest BCUT2D eigenvalue weighted by Gasteiger charge is -2.41. The monoisotopic (exact) mass is 508 g/mol. The normalized spacial score (nSPS) is 18.3. The summed E-state index contributed by atoms with van der Waals surface area (Å²) in [5, 5.41) is 11.5. The Labute approximate surface area is 216 Å². The minimum Gasteiger partial charge on any atom is -0.437 e. The van der Waals surface area contributed by atoms with Crippen molar-refractivity contribution in [1.82, 2.24) is 24.7 Å². The molecule has 4 heterocycles. The fourth-order valence-corrected chi connectivity index (χ4v) is 5.89. The van der Waals surface area contributed by atoms with Crippen LogP contribution < -0.4 is 4.90 Å². The van der Waals surface area contributed by atoms with Crippen molar-refractivity contribution in [3.8, 4) is 11.1 Å². The van der Waals surface area contributed by atoms with Gasteiger partial charge in [0.25, 0.3) is 0 Å². The Hall–Kier alpha value is -2.27. The minimum absolute atomic E-state index is 0.381. The van der Waals surface area contributed by atoms with Gasteiger partial charge in [-0.15, -0.1) is 0 Å². The first-order valence-electron chi connectivity index (χ1n) is 13.2. The number of methoxy groups -OCH3 is 1. The van der Waals surface area contributed by atoms with Crippen LogP contribution in [-0.4, -0.2) is 83.8 Å². The van der Waals surface area contributed by atoms with Gasteiger partial charge >= 0.3 is 7.05 Å². The molecule has 0 radical (unpaired) electrons. The second kappa shape index (κ2) is 11.9. The molecule has 194 valence electrons. The number of piperidine rings is 1. The van der Waals surface area contributed by atoms with E-state index in [4.69, 9.17) is 4.74 Å². The number of rotatable bonds is 8. The van der Waals surface area contributed by atoms with Crippen LogP contribution in [0.3, 0.4) is 0 Å². The van der Waals surface area contributed by atoms with E-state index in [0.29, 0.717) is 12.1 Å². The van der Waals surface area contributed by atoms with Gasteiger partial charge in [-0.2, -0.15) is 0 Å². The zero-order valence-electron chi connectivity index (χ0n) is 22.4. The molecule has 1 aliphatic heterocycles. The second-order valence-electron chi connectivity index (χ2n) is 11.2. The van der Waals surface area contributed by atoms with Gasteiger partial charge in [0.2, 0.25) is 0 Å². The van der Waals surface area contributed by atoms with Crippen molar-refractivity contribution in [2.75, 3.05) is 31.7 Å². The summed E-state index contributed by atoms with van der Waals surface area (Å²) in [6.07, 6.45) is 13.8. The first kappa shape index (κ1) is 26.8. The molecule has 0 unspecified atom stereocenters. The van der Waals surface area contributed by atoms with Gasteiger partial charge in [0.05, 0.1) is 5.39 Å². The molecule has 0 aromatic carbocycles. The number of H-pyrrole nitrogens is 1. The molecule has 1 saturated heterocycles. The summed E-state index contributed by atoms with van der Waals surface area (Å²) in [5.74, 6) is 0. The SMILES string of the molecule is CB(O)N(C1CC1)[C@H]1CCCN(c2ccnc3[nH]cc(-c4cncnc4)c23)C1.COCC[Si](C)(C)C. The van der Waals surface area contributed by atoms with E-state index < -0.39 is 8.07 Å². The molecule has 1 saturated carbocycles. The fraction of sp³-hybridized carbons (Fsp3) is 0.577. The predicted molar refractivity (Wildman–Crippen MR) is 151 cm³/mol. The number of hydrogen-bond acceptors (Lipinski definition) is 7. The van der Waals surface area contributed by atoms with Crippen LogP contribution in [0.25, 0.3) is 22.2 Å². The Kier molecular flexibility index (Phi) is 8.82. The molecule has 1 aliphatic carbocycles. The van der Waals surface area contributed by atoms with E-state index in [-0.39, 0.29) is 7.05 Å². The summed E-state index contributed by atoms with van der Waals surface area (Å²) in [5.41, 5.74) is 4.14. The molecule has 36 heavy (non-hydrogen) atoms. The van der Waals surface area contributed by atoms with E-state index in [2.05, 4.69) is 55.4 Å². The van der Waals surface area contributed by atoms with Crippen molar-refractivity contribution in [2.24, 2.45) is 0 Å². The maximum atomic E-state index is 10.3. The van der Waals surface area contributed by atoms with Crippen molar-refractivity contribution in [3.63, 3.8) is 0 Å². The summed E-state index contributed by atoms with van der Waals surface area (Å²) in [6, 6.07) is 4.32. The quantitative estimate of drug-likeness (QED) is 0.432. The Bertz CT molecular complexity index is 1100. The summed E-state index contributed by atoms with van der Waals surface area (Å²) in [7, 11) is 0.571. The number of nitrogens with one attached hydrogen (secondary N) is 1. The molecule has 2 aliphatic rings. The largest absolute Gasteiger partial charge is 0.437 e. The van der Waals surface area contributed by atoms with Crippen LogP contribution in [0.4, 0.5) is 5.69 Å². The van der Waals surface area contributed by atoms with Crippen molar-refractivity contribution < 1.29 is 9.76 Å². The molecule has 0 spiro atoms. The fourth-order valence-electron chi connectivity index (χ4n) is 5.07. The van der Waals surface area contributed by atoms with Crippen LogP contribution in [0.2, 0.25) is 32.5 Å². The van der Waals surface area contributed by atoms with Crippen LogP contribution in [0, 0.1) is 0 Å². The first-order chi connectivity index (χ1) is 17.3. The van der Waals surface area contributed by atoms with Gasteiger partial charge in [0.15, 0.2) is 0 Å². The highest BCUT2D eigenvalue weighted by Gasteiger charge is 2.39. The number of aromatic nitrogens is 4. The molecule has 0 amide bonds. The minimum atomic E-state index is -0.803. The molecular formula is C26H41BN6O2Si. The van der Waals surface area contributed by atoms with Crippen LogP contribution in [-0.2, 0) is 4.74 Å². The Morgan fingerprint density at radius 1 is 1.19 bits per heavy atom. The highest BCUT2D eigenvalue weighted by atomic mass is 28.3. The second-order valence-corrected chi connectivity index (χ2v) is 16.9. The average Bonchev–Trinajstić information content (AvgIpc) is 3.59. The van der Waals surface area contributed by atoms with Crippen LogP contribution >= 0.6 is 0 Å². The highest BCUT2D eigenvalue weighted by molar-refractivity contribution is 6.76. The van der Waals surface area contributed by atoms with Gasteiger partial charge in [-0.3, -0.25) is 0 Å². The van der Waals surface area contributed by atoms with Gasteiger partial charge < -0.3 is 24.5 Å². The molecule has 3 aromatic heterocycles. The van der Waals surface area contributed by atoms with Crippen LogP contribution in [0.15, 0.2) is 37.2 Å². The number of aromatic amines is 1. The number of nitrogens with zero attached hydrogens (tertiary/aromatic N) is 5. The molecule has 10 heteroatoms. The molecule has 2 N–H and O–H groups in total. The molecule has 1 atom stereocenters. The van der Waals surface area contributed by atoms with Gasteiger partial charge in [0, 0.05) is 88.6 Å². The first-order valence-corrected chi connectivity index (χ1v) is 16.9. The van der Waals surface area contributed by atoms with E-state index in [1.807, 2.05) is 31.6 Å². The number of ether oxygens (including phenoxy) is 1. The molecule has 3 aromatic rings. The number of anilines is 1. The molecular weight excluding hydrogens is 467 g/mol. The Morgan fingerprint density at radius 3 is 2.56 bits per heavy atom. The van der Waals surface area contributed by atoms with Crippen molar-refractivity contribution in [2.45, 2.75) is 70.3 Å². The van der Waals surface area contributed by atoms with E-state index in [1.54, 1.807) is 13.4 Å². The van der Waals surface area contributed by atoms with Gasteiger partial charge in [-0.05, 0) is 44.6 Å². The zero-order chi connectivity index (χ0) is 25.7. The van der Waals surface area contributed by atoms with E-state index in [9.17, 15) is 5.02 Å². The third kappa shape index (κ3) is 6.73. The smallest absolute Gasteiger partial charge is 0.376 e. The Balaban J connectivity index is 0.000000331. The lowest BCUT2D eigenvalue weighted by Crippen LogP contribution is -2.54. The summed E-state index contributed by atoms with van der Waals surface area (Å²) < 4.78 is 4.95. The molecule has 8 nitrogen and oxygen atoms in total. The lowest BCUT2D eigenvalue weighted by molar-refractivity contribution is 0.214. The molecule has 0 bridgehead atoms. The summed E-state index contributed by atoms with van der Waals surface area (Å²) in [6.45, 7) is 11.8. The summed E-state index contributed by atoms with van der Waals surface area (Å²) in [4.78, 5) is 21.0. The number of hydrogen-bond donors (Lipinski definition) is 2. The van der Waals surface area contributed by atoms with Gasteiger partial charge in [0.1, 0.15) is 12.0 Å². The predicted octanol–water partition coefficient (Wildman–Crippen LogP) is 4.53. The van der Waals surface area contributed by atoms with Crippen LogP contribution in [0.1, 0.15) is 25.7 Å². The Morgan fingerprint density at radius 2 is 1.94 bits per heavy atom. The van der Waals surface area contributed by atoms with Gasteiger partial charge in [-0.25, -0.2) is 15.0 Å². The standard InChI is InChI=1S/C20H25BN6O.C6H16OSi/c1-21(28)27(15-4-5-15)16-3-2-8-26(12-16)18-6-7-24-20-19(18)17(11-25-20)14-9-22-13-23-10-14;1-7-5-6-8(2,3)4/h6-7,9-11,13,15-16,28H,2-5,8,12H2,1H3,(H,24,25);5-6H2,1-4H3/t16-;/m0./s1. The highest BCUT2D eigenvalue weighted by Crippen LogP contribution is 2.37. The van der Waals surface area contributed by atoms with E-state index >= 15 is 0 Å². The third-order valence-corrected chi connectivity index (χ3v) is 8.74. The number of pyridine rings is 1. The third-order valence-electron chi connectivity index (χ3n) is 7.04. The topological polar surface area (TPSA) is 90.4 Å². The summed E-state index contributed by atoms with van der Waals surface area (Å²) >= 11 is 0. The molecule has 2 fully saturated rings.